The standard InChI is InChI=1S/C12H17NO3/c1-12(9-13,11(14)15)7-8-16-10-5-3-2-4-6-10/h2-6H,7-9,13H2,1H3,(H,14,15). The van der Waals surface area contributed by atoms with Gasteiger partial charge in [0.1, 0.15) is 5.75 Å². The van der Waals surface area contributed by atoms with Crippen LogP contribution in [0.5, 0.6) is 5.75 Å². The molecule has 0 spiro atoms. The monoisotopic (exact) mass is 223 g/mol. The average molecular weight is 223 g/mol. The van der Waals surface area contributed by atoms with Crippen molar-refractivity contribution in [2.45, 2.75) is 13.3 Å². The Kier molecular flexibility index (Phi) is 4.31. The number of nitrogens with two attached hydrogens (primary N) is 1. The van der Waals surface area contributed by atoms with Gasteiger partial charge in [0.25, 0.3) is 0 Å². The molecule has 88 valence electrons. The van der Waals surface area contributed by atoms with Crippen molar-refractivity contribution in [3.63, 3.8) is 0 Å². The number of carboxylic acid groups (broad SMARTS) is 1. The van der Waals surface area contributed by atoms with E-state index in [2.05, 4.69) is 0 Å². The third-order valence-electron chi connectivity index (χ3n) is 2.63. The van der Waals surface area contributed by atoms with E-state index < -0.39 is 11.4 Å². The molecule has 4 nitrogen and oxygen atoms in total. The lowest BCUT2D eigenvalue weighted by Gasteiger charge is -2.22. The van der Waals surface area contributed by atoms with Gasteiger partial charge in [-0.25, -0.2) is 0 Å². The lowest BCUT2D eigenvalue weighted by molar-refractivity contribution is -0.148. The van der Waals surface area contributed by atoms with E-state index in [0.717, 1.165) is 5.75 Å². The molecule has 0 amide bonds. The van der Waals surface area contributed by atoms with Crippen LogP contribution >= 0.6 is 0 Å². The molecule has 0 aliphatic carbocycles. The molecule has 0 saturated carbocycles. The number of carbonyl (C=O) groups is 1. The van der Waals surface area contributed by atoms with E-state index in [-0.39, 0.29) is 6.54 Å². The molecule has 0 radical (unpaired) electrons. The summed E-state index contributed by atoms with van der Waals surface area (Å²) in [6, 6.07) is 9.30. The fourth-order valence-electron chi connectivity index (χ4n) is 1.21. The Morgan fingerprint density at radius 2 is 2.06 bits per heavy atom. The van der Waals surface area contributed by atoms with Crippen molar-refractivity contribution >= 4 is 5.97 Å². The highest BCUT2D eigenvalue weighted by Gasteiger charge is 2.31. The van der Waals surface area contributed by atoms with Gasteiger partial charge in [-0.3, -0.25) is 4.79 Å². The SMILES string of the molecule is CC(CN)(CCOc1ccccc1)C(=O)O. The minimum atomic E-state index is -0.908. The molecule has 3 N–H and O–H groups in total. The predicted molar refractivity (Wildman–Crippen MR) is 61.4 cm³/mol. The third-order valence-corrected chi connectivity index (χ3v) is 2.63. The largest absolute Gasteiger partial charge is 0.494 e. The summed E-state index contributed by atoms with van der Waals surface area (Å²) < 4.78 is 5.43. The van der Waals surface area contributed by atoms with Gasteiger partial charge in [0, 0.05) is 6.54 Å². The van der Waals surface area contributed by atoms with Gasteiger partial charge in [-0.05, 0) is 25.5 Å². The van der Waals surface area contributed by atoms with Crippen LogP contribution in [0.15, 0.2) is 30.3 Å². The molecule has 1 aromatic carbocycles. The van der Waals surface area contributed by atoms with Gasteiger partial charge < -0.3 is 15.6 Å². The average Bonchev–Trinajstić information content (AvgIpc) is 2.30. The fraction of sp³-hybridized carbons (Fsp3) is 0.417. The molecule has 16 heavy (non-hydrogen) atoms. The second-order valence-electron chi connectivity index (χ2n) is 3.98. The lowest BCUT2D eigenvalue weighted by Crippen LogP contribution is -2.37. The Balaban J connectivity index is 2.43. The Hall–Kier alpha value is -1.55. The quantitative estimate of drug-likeness (QED) is 0.766. The van der Waals surface area contributed by atoms with Gasteiger partial charge in [-0.2, -0.15) is 0 Å². The molecule has 0 saturated heterocycles. The number of para-hydroxylation sites is 1. The molecule has 0 fully saturated rings. The van der Waals surface area contributed by atoms with Crippen LogP contribution in [0.1, 0.15) is 13.3 Å². The van der Waals surface area contributed by atoms with Crippen molar-refractivity contribution in [1.29, 1.82) is 0 Å². The zero-order valence-electron chi connectivity index (χ0n) is 9.35. The summed E-state index contributed by atoms with van der Waals surface area (Å²) in [4.78, 5) is 11.0. The molecule has 1 rings (SSSR count). The molecule has 4 heteroatoms. The first kappa shape index (κ1) is 12.5. The molecule has 0 aliphatic heterocycles. The summed E-state index contributed by atoms with van der Waals surface area (Å²) >= 11 is 0. The molecule has 1 atom stereocenters. The van der Waals surface area contributed by atoms with Gasteiger partial charge in [0.2, 0.25) is 0 Å². The highest BCUT2D eigenvalue weighted by molar-refractivity contribution is 5.74. The Bertz CT molecular complexity index is 339. The number of ether oxygens (including phenoxy) is 1. The molecule has 0 aliphatic rings. The van der Waals surface area contributed by atoms with Crippen LogP contribution in [0.3, 0.4) is 0 Å². The van der Waals surface area contributed by atoms with Crippen LogP contribution < -0.4 is 10.5 Å². The van der Waals surface area contributed by atoms with Gasteiger partial charge in [-0.1, -0.05) is 18.2 Å². The van der Waals surface area contributed by atoms with Crippen molar-refractivity contribution in [2.75, 3.05) is 13.2 Å². The van der Waals surface area contributed by atoms with E-state index in [4.69, 9.17) is 15.6 Å². The predicted octanol–water partition coefficient (Wildman–Crippen LogP) is 1.51. The zero-order chi connectivity index (χ0) is 12.0. The van der Waals surface area contributed by atoms with E-state index in [0.29, 0.717) is 13.0 Å². The first-order chi connectivity index (χ1) is 7.58. The van der Waals surface area contributed by atoms with Crippen LogP contribution in [0.4, 0.5) is 0 Å². The van der Waals surface area contributed by atoms with Crippen molar-refractivity contribution in [3.05, 3.63) is 30.3 Å². The van der Waals surface area contributed by atoms with Crippen molar-refractivity contribution in [3.8, 4) is 5.75 Å². The summed E-state index contributed by atoms with van der Waals surface area (Å²) in [5, 5.41) is 8.99. The second-order valence-corrected chi connectivity index (χ2v) is 3.98. The maximum atomic E-state index is 11.0. The Labute approximate surface area is 95.0 Å². The summed E-state index contributed by atoms with van der Waals surface area (Å²) in [6.07, 6.45) is 0.397. The number of carboxylic acids is 1. The maximum absolute atomic E-state index is 11.0. The maximum Gasteiger partial charge on any atom is 0.310 e. The van der Waals surface area contributed by atoms with Crippen LogP contribution in [0.25, 0.3) is 0 Å². The number of benzene rings is 1. The van der Waals surface area contributed by atoms with Crippen LogP contribution in [0, 0.1) is 5.41 Å². The molecule has 1 aromatic rings. The van der Waals surface area contributed by atoms with Crippen molar-refractivity contribution < 1.29 is 14.6 Å². The van der Waals surface area contributed by atoms with E-state index in [1.54, 1.807) is 6.92 Å². The second kappa shape index (κ2) is 5.51. The highest BCUT2D eigenvalue weighted by Crippen LogP contribution is 2.20. The first-order valence-corrected chi connectivity index (χ1v) is 5.20. The molecular formula is C12H17NO3. The van der Waals surface area contributed by atoms with E-state index in [1.165, 1.54) is 0 Å². The summed E-state index contributed by atoms with van der Waals surface area (Å²) in [5.74, 6) is -0.140. The van der Waals surface area contributed by atoms with Crippen LogP contribution in [-0.2, 0) is 4.79 Å². The molecule has 0 bridgehead atoms. The van der Waals surface area contributed by atoms with Crippen molar-refractivity contribution in [1.82, 2.24) is 0 Å². The highest BCUT2D eigenvalue weighted by atomic mass is 16.5. The van der Waals surface area contributed by atoms with Crippen LogP contribution in [-0.4, -0.2) is 24.2 Å². The van der Waals surface area contributed by atoms with Gasteiger partial charge in [0.15, 0.2) is 0 Å². The summed E-state index contributed by atoms with van der Waals surface area (Å²) in [5.41, 5.74) is 4.54. The third kappa shape index (κ3) is 3.24. The fourth-order valence-corrected chi connectivity index (χ4v) is 1.21. The first-order valence-electron chi connectivity index (χ1n) is 5.20. The number of hydrogen-bond acceptors (Lipinski definition) is 3. The van der Waals surface area contributed by atoms with Crippen LogP contribution in [0.2, 0.25) is 0 Å². The molecule has 1 unspecified atom stereocenters. The minimum absolute atomic E-state index is 0.112. The van der Waals surface area contributed by atoms with Crippen molar-refractivity contribution in [2.24, 2.45) is 11.1 Å². The molecular weight excluding hydrogens is 206 g/mol. The smallest absolute Gasteiger partial charge is 0.310 e. The summed E-state index contributed by atoms with van der Waals surface area (Å²) in [6.45, 7) is 2.09. The van der Waals surface area contributed by atoms with E-state index in [1.807, 2.05) is 30.3 Å². The topological polar surface area (TPSA) is 72.5 Å². The zero-order valence-corrected chi connectivity index (χ0v) is 9.35. The van der Waals surface area contributed by atoms with E-state index in [9.17, 15) is 4.79 Å². The number of hydrogen-bond donors (Lipinski definition) is 2. The molecule has 0 heterocycles. The minimum Gasteiger partial charge on any atom is -0.494 e. The molecule has 0 aromatic heterocycles. The Morgan fingerprint density at radius 1 is 1.44 bits per heavy atom. The van der Waals surface area contributed by atoms with Gasteiger partial charge >= 0.3 is 5.97 Å². The summed E-state index contributed by atoms with van der Waals surface area (Å²) in [7, 11) is 0. The number of rotatable bonds is 6. The lowest BCUT2D eigenvalue weighted by atomic mass is 9.87. The van der Waals surface area contributed by atoms with E-state index >= 15 is 0 Å². The Morgan fingerprint density at radius 3 is 2.56 bits per heavy atom. The van der Waals surface area contributed by atoms with Gasteiger partial charge in [0.05, 0.1) is 12.0 Å². The number of aliphatic carboxylic acids is 1. The normalized spacial score (nSPS) is 14.1. The van der Waals surface area contributed by atoms with Gasteiger partial charge in [-0.15, -0.1) is 0 Å².